The summed E-state index contributed by atoms with van der Waals surface area (Å²) in [5.41, 5.74) is 1.30. The van der Waals surface area contributed by atoms with Crippen molar-refractivity contribution in [1.82, 2.24) is 5.32 Å². The van der Waals surface area contributed by atoms with Gasteiger partial charge in [-0.15, -0.1) is 0 Å². The van der Waals surface area contributed by atoms with E-state index >= 15 is 0 Å². The molecule has 0 saturated carbocycles. The largest absolute Gasteiger partial charge is 0.383 e. The van der Waals surface area contributed by atoms with E-state index in [4.69, 9.17) is 9.47 Å². The summed E-state index contributed by atoms with van der Waals surface area (Å²) in [6.45, 7) is 3.67. The highest BCUT2D eigenvalue weighted by Crippen LogP contribution is 2.40. The van der Waals surface area contributed by atoms with Gasteiger partial charge in [-0.3, -0.25) is 5.32 Å². The third-order valence-electron chi connectivity index (χ3n) is 4.35. The highest BCUT2D eigenvalue weighted by molar-refractivity contribution is 5.28. The molecule has 0 unspecified atom stereocenters. The molecular weight excluding hydrogens is 238 g/mol. The molecule has 1 aliphatic heterocycles. The molecular formula is C16H25NO2. The van der Waals surface area contributed by atoms with Crippen LogP contribution in [0.3, 0.4) is 0 Å². The molecule has 3 nitrogen and oxygen atoms in total. The Labute approximate surface area is 116 Å². The van der Waals surface area contributed by atoms with Crippen LogP contribution in [0.5, 0.6) is 0 Å². The van der Waals surface area contributed by atoms with E-state index in [2.05, 4.69) is 42.6 Å². The van der Waals surface area contributed by atoms with E-state index in [1.54, 1.807) is 14.2 Å². The highest BCUT2D eigenvalue weighted by atomic mass is 16.5. The second-order valence-electron chi connectivity index (χ2n) is 5.57. The van der Waals surface area contributed by atoms with Gasteiger partial charge in [0.15, 0.2) is 0 Å². The monoisotopic (exact) mass is 263 g/mol. The van der Waals surface area contributed by atoms with Crippen LogP contribution in [0.15, 0.2) is 30.3 Å². The van der Waals surface area contributed by atoms with Crippen LogP contribution in [0, 0.1) is 0 Å². The Balaban J connectivity index is 2.28. The van der Waals surface area contributed by atoms with Crippen LogP contribution in [-0.2, 0) is 15.0 Å². The minimum Gasteiger partial charge on any atom is -0.383 e. The molecule has 0 amide bonds. The fourth-order valence-corrected chi connectivity index (χ4v) is 3.25. The van der Waals surface area contributed by atoms with Crippen LogP contribution < -0.4 is 5.32 Å². The molecule has 1 heterocycles. The second-order valence-corrected chi connectivity index (χ2v) is 5.57. The molecule has 1 N–H and O–H groups in total. The Hall–Kier alpha value is -0.900. The van der Waals surface area contributed by atoms with Crippen molar-refractivity contribution in [3.8, 4) is 0 Å². The van der Waals surface area contributed by atoms with Crippen LogP contribution in [0.4, 0.5) is 0 Å². The zero-order valence-electron chi connectivity index (χ0n) is 12.2. The molecule has 1 fully saturated rings. The van der Waals surface area contributed by atoms with Gasteiger partial charge in [-0.1, -0.05) is 37.3 Å². The Bertz CT molecular complexity index is 395. The Morgan fingerprint density at radius 2 is 1.74 bits per heavy atom. The van der Waals surface area contributed by atoms with Gasteiger partial charge in [0.05, 0.1) is 18.8 Å². The molecule has 0 radical (unpaired) electrons. The molecule has 2 atom stereocenters. The van der Waals surface area contributed by atoms with Gasteiger partial charge in [0, 0.05) is 19.8 Å². The molecule has 1 aliphatic rings. The number of benzene rings is 1. The minimum absolute atomic E-state index is 0.0725. The maximum Gasteiger partial charge on any atom is 0.0686 e. The predicted molar refractivity (Wildman–Crippen MR) is 77.3 cm³/mol. The SMILES string of the molecule is CC[C@@]1(COC)CC[C@@](COC)(c2ccccc2)N1. The lowest BCUT2D eigenvalue weighted by Gasteiger charge is -2.35. The molecule has 0 aromatic heterocycles. The van der Waals surface area contributed by atoms with Crippen LogP contribution >= 0.6 is 0 Å². The number of hydrogen-bond acceptors (Lipinski definition) is 3. The smallest absolute Gasteiger partial charge is 0.0686 e. The number of nitrogens with one attached hydrogen (secondary N) is 1. The first-order valence-corrected chi connectivity index (χ1v) is 7.03. The summed E-state index contributed by atoms with van der Waals surface area (Å²) in [7, 11) is 3.55. The lowest BCUT2D eigenvalue weighted by atomic mass is 9.89. The highest BCUT2D eigenvalue weighted by Gasteiger charge is 2.47. The lowest BCUT2D eigenvalue weighted by molar-refractivity contribution is 0.0790. The zero-order chi connectivity index (χ0) is 13.8. The maximum absolute atomic E-state index is 5.50. The Morgan fingerprint density at radius 3 is 2.32 bits per heavy atom. The van der Waals surface area contributed by atoms with Crippen LogP contribution in [0.1, 0.15) is 31.7 Å². The fourth-order valence-electron chi connectivity index (χ4n) is 3.25. The van der Waals surface area contributed by atoms with Crippen LogP contribution in [-0.4, -0.2) is 33.0 Å². The van der Waals surface area contributed by atoms with Gasteiger partial charge in [-0.25, -0.2) is 0 Å². The van der Waals surface area contributed by atoms with Gasteiger partial charge in [0.1, 0.15) is 0 Å². The first kappa shape index (κ1) is 14.5. The van der Waals surface area contributed by atoms with Crippen molar-refractivity contribution in [2.24, 2.45) is 0 Å². The lowest BCUT2D eigenvalue weighted by Crippen LogP contribution is -2.53. The topological polar surface area (TPSA) is 30.5 Å². The van der Waals surface area contributed by atoms with Crippen molar-refractivity contribution in [2.45, 2.75) is 37.3 Å². The average Bonchev–Trinajstić information content (AvgIpc) is 2.82. The van der Waals surface area contributed by atoms with E-state index < -0.39 is 0 Å². The summed E-state index contributed by atoms with van der Waals surface area (Å²) in [6, 6.07) is 10.6. The Morgan fingerprint density at radius 1 is 1.05 bits per heavy atom. The van der Waals surface area contributed by atoms with Gasteiger partial charge < -0.3 is 9.47 Å². The summed E-state index contributed by atoms with van der Waals surface area (Å²) in [6.07, 6.45) is 3.27. The van der Waals surface area contributed by atoms with E-state index in [0.717, 1.165) is 25.9 Å². The van der Waals surface area contributed by atoms with Gasteiger partial charge in [-0.05, 0) is 24.8 Å². The molecule has 1 saturated heterocycles. The standard InChI is InChI=1S/C16H25NO2/c1-4-15(12-18-2)10-11-16(17-15,13-19-3)14-8-6-5-7-9-14/h5-9,17H,4,10-13H2,1-3H3/t15-,16+/m0/s1. The Kier molecular flexibility index (Phi) is 4.61. The van der Waals surface area contributed by atoms with E-state index in [-0.39, 0.29) is 11.1 Å². The number of rotatable bonds is 6. The van der Waals surface area contributed by atoms with Crippen molar-refractivity contribution >= 4 is 0 Å². The third-order valence-corrected chi connectivity index (χ3v) is 4.35. The second kappa shape index (κ2) is 6.04. The normalized spacial score (nSPS) is 30.7. The van der Waals surface area contributed by atoms with E-state index in [1.165, 1.54) is 5.56 Å². The molecule has 0 spiro atoms. The van der Waals surface area contributed by atoms with Crippen LogP contribution in [0.25, 0.3) is 0 Å². The molecule has 1 aromatic rings. The predicted octanol–water partition coefficient (Wildman–Crippen LogP) is 2.71. The maximum atomic E-state index is 5.50. The average molecular weight is 263 g/mol. The van der Waals surface area contributed by atoms with Gasteiger partial charge >= 0.3 is 0 Å². The molecule has 2 rings (SSSR count). The summed E-state index contributed by atoms with van der Waals surface area (Å²) < 4.78 is 10.9. The number of methoxy groups -OCH3 is 2. The minimum atomic E-state index is -0.0788. The van der Waals surface area contributed by atoms with Gasteiger partial charge in [0.25, 0.3) is 0 Å². The summed E-state index contributed by atoms with van der Waals surface area (Å²) >= 11 is 0. The van der Waals surface area contributed by atoms with Crippen molar-refractivity contribution in [3.63, 3.8) is 0 Å². The van der Waals surface area contributed by atoms with Crippen LogP contribution in [0.2, 0.25) is 0 Å². The number of hydrogen-bond donors (Lipinski definition) is 1. The van der Waals surface area contributed by atoms with Gasteiger partial charge in [-0.2, -0.15) is 0 Å². The van der Waals surface area contributed by atoms with E-state index in [0.29, 0.717) is 6.61 Å². The fraction of sp³-hybridized carbons (Fsp3) is 0.625. The van der Waals surface area contributed by atoms with Crippen molar-refractivity contribution < 1.29 is 9.47 Å². The summed E-state index contributed by atoms with van der Waals surface area (Å²) in [4.78, 5) is 0. The molecule has 3 heteroatoms. The molecule has 106 valence electrons. The van der Waals surface area contributed by atoms with E-state index in [9.17, 15) is 0 Å². The molecule has 0 aliphatic carbocycles. The van der Waals surface area contributed by atoms with E-state index in [1.807, 2.05) is 0 Å². The van der Waals surface area contributed by atoms with Crippen molar-refractivity contribution in [2.75, 3.05) is 27.4 Å². The van der Waals surface area contributed by atoms with Crippen molar-refractivity contribution in [3.05, 3.63) is 35.9 Å². The first-order chi connectivity index (χ1) is 9.20. The zero-order valence-corrected chi connectivity index (χ0v) is 12.2. The van der Waals surface area contributed by atoms with Crippen molar-refractivity contribution in [1.29, 1.82) is 0 Å². The first-order valence-electron chi connectivity index (χ1n) is 7.03. The summed E-state index contributed by atoms with van der Waals surface area (Å²) in [5.74, 6) is 0. The quantitative estimate of drug-likeness (QED) is 0.856. The number of ether oxygens (including phenoxy) is 2. The molecule has 1 aromatic carbocycles. The molecule has 19 heavy (non-hydrogen) atoms. The molecule has 0 bridgehead atoms. The van der Waals surface area contributed by atoms with Gasteiger partial charge in [0.2, 0.25) is 0 Å². The summed E-state index contributed by atoms with van der Waals surface area (Å²) in [5, 5.41) is 3.84. The third kappa shape index (κ3) is 2.83.